The Hall–Kier alpha value is -4.35. The van der Waals surface area contributed by atoms with Crippen LogP contribution in [0.4, 0.5) is 32.0 Å². The van der Waals surface area contributed by atoms with Crippen LogP contribution in [0.25, 0.3) is 0 Å². The summed E-state index contributed by atoms with van der Waals surface area (Å²) >= 11 is 5.89. The predicted molar refractivity (Wildman–Crippen MR) is 153 cm³/mol. The number of halogens is 7. The molecule has 12 heteroatoms. The zero-order valence-corrected chi connectivity index (χ0v) is 23.6. The summed E-state index contributed by atoms with van der Waals surface area (Å²) in [6, 6.07) is 22.4. The highest BCUT2D eigenvalue weighted by Gasteiger charge is 2.37. The van der Waals surface area contributed by atoms with Gasteiger partial charge in [-0.15, -0.1) is 0 Å². The highest BCUT2D eigenvalue weighted by Crippen LogP contribution is 2.37. The smallest absolute Gasteiger partial charge is 0.416 e. The van der Waals surface area contributed by atoms with Crippen molar-refractivity contribution >= 4 is 29.2 Å². The first-order valence-electron chi connectivity index (χ1n) is 13.1. The Kier molecular flexibility index (Phi) is 10.3. The van der Waals surface area contributed by atoms with Crippen molar-refractivity contribution in [2.75, 3.05) is 11.4 Å². The van der Waals surface area contributed by atoms with Crippen molar-refractivity contribution in [2.45, 2.75) is 32.0 Å². The maximum Gasteiger partial charge on any atom is 0.416 e. The van der Waals surface area contributed by atoms with Crippen molar-refractivity contribution in [3.63, 3.8) is 0 Å². The first-order valence-corrected chi connectivity index (χ1v) is 13.5. The Morgan fingerprint density at radius 3 is 1.89 bits per heavy atom. The number of ether oxygens (including phenoxy) is 1. The second kappa shape index (κ2) is 14.0. The second-order valence-corrected chi connectivity index (χ2v) is 10.2. The molecule has 0 saturated carbocycles. The van der Waals surface area contributed by atoms with Crippen LogP contribution < -0.4 is 10.2 Å². The summed E-state index contributed by atoms with van der Waals surface area (Å²) in [7, 11) is 0. The van der Waals surface area contributed by atoms with Crippen molar-refractivity contribution in [3.05, 3.63) is 135 Å². The van der Waals surface area contributed by atoms with Gasteiger partial charge >= 0.3 is 18.3 Å². The molecule has 0 bridgehead atoms. The van der Waals surface area contributed by atoms with Gasteiger partial charge in [-0.1, -0.05) is 54.1 Å². The molecule has 0 unspecified atom stereocenters. The molecule has 230 valence electrons. The molecule has 0 fully saturated rings. The molecule has 0 radical (unpaired) electrons. The molecule has 0 aromatic heterocycles. The molecule has 0 aliphatic carbocycles. The first kappa shape index (κ1) is 32.6. The largest absolute Gasteiger partial charge is 0.457 e. The van der Waals surface area contributed by atoms with E-state index >= 15 is 0 Å². The minimum Gasteiger partial charge on any atom is -0.457 e. The van der Waals surface area contributed by atoms with Crippen molar-refractivity contribution in [2.24, 2.45) is 0 Å². The summed E-state index contributed by atoms with van der Waals surface area (Å²) in [5.41, 5.74) is -1.53. The number of hydrogen-bond donors (Lipinski definition) is 1. The highest BCUT2D eigenvalue weighted by atomic mass is 35.5. The minimum absolute atomic E-state index is 0.0163. The van der Waals surface area contributed by atoms with Gasteiger partial charge < -0.3 is 15.0 Å². The van der Waals surface area contributed by atoms with Crippen molar-refractivity contribution < 1.29 is 40.7 Å². The van der Waals surface area contributed by atoms with E-state index in [1.807, 2.05) is 6.07 Å². The number of nitrogens with zero attached hydrogens (tertiary/aromatic N) is 1. The van der Waals surface area contributed by atoms with Crippen LogP contribution in [0.5, 0.6) is 0 Å². The summed E-state index contributed by atoms with van der Waals surface area (Å²) in [4.78, 5) is 26.9. The van der Waals surface area contributed by atoms with Gasteiger partial charge in [-0.05, 0) is 71.3 Å². The molecule has 5 nitrogen and oxygen atoms in total. The summed E-state index contributed by atoms with van der Waals surface area (Å²) in [5, 5.41) is 3.44. The average Bonchev–Trinajstić information content (AvgIpc) is 2.99. The fourth-order valence-electron chi connectivity index (χ4n) is 4.21. The number of hydrogen-bond acceptors (Lipinski definition) is 4. The van der Waals surface area contributed by atoms with E-state index < -0.39 is 41.9 Å². The minimum atomic E-state index is -5.05. The molecule has 4 rings (SSSR count). The quantitative estimate of drug-likeness (QED) is 0.142. The molecule has 0 aliphatic heterocycles. The van der Waals surface area contributed by atoms with Gasteiger partial charge in [0.1, 0.15) is 6.61 Å². The third-order valence-electron chi connectivity index (χ3n) is 6.44. The van der Waals surface area contributed by atoms with Gasteiger partial charge in [0.25, 0.3) is 0 Å². The van der Waals surface area contributed by atoms with Gasteiger partial charge in [0.15, 0.2) is 0 Å². The van der Waals surface area contributed by atoms with Gasteiger partial charge in [0.05, 0.1) is 29.8 Å². The third-order valence-corrected chi connectivity index (χ3v) is 6.69. The van der Waals surface area contributed by atoms with E-state index in [9.17, 15) is 35.9 Å². The molecule has 1 amide bonds. The molecule has 0 heterocycles. The molecule has 0 atom stereocenters. The maximum atomic E-state index is 13.5. The fraction of sp³-hybridized carbons (Fsp3) is 0.188. The van der Waals surface area contributed by atoms with E-state index in [2.05, 4.69) is 5.32 Å². The predicted octanol–water partition coefficient (Wildman–Crippen LogP) is 8.06. The summed E-state index contributed by atoms with van der Waals surface area (Å²) in [5.74, 6) is -1.29. The number of carbonyl (C=O) groups excluding carboxylic acids is 2. The molecule has 1 N–H and O–H groups in total. The molecular formula is C32H25ClF6N2O3. The number of esters is 1. The van der Waals surface area contributed by atoms with E-state index in [4.69, 9.17) is 16.3 Å². The summed E-state index contributed by atoms with van der Waals surface area (Å²) in [6.07, 6.45) is -10.1. The van der Waals surface area contributed by atoms with E-state index in [0.29, 0.717) is 17.2 Å². The number of carbonyl (C=O) groups is 2. The fourth-order valence-corrected chi connectivity index (χ4v) is 4.34. The van der Waals surface area contributed by atoms with Crippen LogP contribution in [0.3, 0.4) is 0 Å². The van der Waals surface area contributed by atoms with Crippen LogP contribution in [0.1, 0.15) is 38.2 Å². The van der Waals surface area contributed by atoms with Gasteiger partial charge in [-0.25, -0.2) is 4.79 Å². The number of benzene rings is 4. The molecule has 4 aromatic rings. The number of amides is 1. The number of alkyl halides is 6. The molecular weight excluding hydrogens is 610 g/mol. The van der Waals surface area contributed by atoms with Crippen molar-refractivity contribution in [1.29, 1.82) is 0 Å². The van der Waals surface area contributed by atoms with Crippen LogP contribution in [0.2, 0.25) is 5.02 Å². The Morgan fingerprint density at radius 2 is 1.32 bits per heavy atom. The van der Waals surface area contributed by atoms with Crippen molar-refractivity contribution in [1.82, 2.24) is 5.32 Å². The van der Waals surface area contributed by atoms with E-state index in [-0.39, 0.29) is 42.6 Å². The molecule has 0 saturated heterocycles. The lowest BCUT2D eigenvalue weighted by atomic mass is 10.0. The number of nitrogens with one attached hydrogen (secondary N) is 1. The third kappa shape index (κ3) is 9.08. The van der Waals surface area contributed by atoms with Crippen LogP contribution in [0.15, 0.2) is 97.1 Å². The molecule has 44 heavy (non-hydrogen) atoms. The van der Waals surface area contributed by atoms with Crippen LogP contribution in [-0.2, 0) is 41.6 Å². The zero-order valence-electron chi connectivity index (χ0n) is 22.9. The SMILES string of the molecule is O=C(OCc1ccccc1)c1ccc(N(Cc2cc(C(F)(F)F)cc(C(F)(F)F)c2)C(=O)CNCc2ccc(Cl)cc2)cc1. The Bertz CT molecular complexity index is 1540. The first-order chi connectivity index (χ1) is 20.8. The van der Waals surface area contributed by atoms with Crippen LogP contribution in [-0.4, -0.2) is 18.4 Å². The summed E-state index contributed by atoms with van der Waals surface area (Å²) < 4.78 is 86.2. The van der Waals surface area contributed by atoms with E-state index in [1.165, 1.54) is 24.3 Å². The van der Waals surface area contributed by atoms with E-state index in [0.717, 1.165) is 16.0 Å². The standard InChI is InChI=1S/C32H25ClF6N2O3/c33-27-10-6-21(7-11-27)17-40-18-29(42)41(19-23-14-25(31(34,35)36)16-26(15-23)32(37,38)39)28-12-8-24(9-13-28)30(43)44-20-22-4-2-1-3-5-22/h1-16,40H,17-20H2. The topological polar surface area (TPSA) is 58.6 Å². The Morgan fingerprint density at radius 1 is 0.727 bits per heavy atom. The van der Waals surface area contributed by atoms with Crippen LogP contribution >= 0.6 is 11.6 Å². The lowest BCUT2D eigenvalue weighted by molar-refractivity contribution is -0.143. The highest BCUT2D eigenvalue weighted by molar-refractivity contribution is 6.30. The summed E-state index contributed by atoms with van der Waals surface area (Å²) in [6.45, 7) is -0.645. The zero-order chi connectivity index (χ0) is 31.9. The molecule has 0 spiro atoms. The number of rotatable bonds is 10. The Balaban J connectivity index is 1.58. The van der Waals surface area contributed by atoms with Gasteiger partial charge in [-0.2, -0.15) is 26.3 Å². The van der Waals surface area contributed by atoms with Gasteiger partial charge in [-0.3, -0.25) is 4.79 Å². The molecule has 0 aliphatic rings. The Labute approximate surface area is 254 Å². The van der Waals surface area contributed by atoms with E-state index in [1.54, 1.807) is 48.5 Å². The van der Waals surface area contributed by atoms with Gasteiger partial charge in [0.2, 0.25) is 5.91 Å². The number of anilines is 1. The second-order valence-electron chi connectivity index (χ2n) is 9.73. The monoisotopic (exact) mass is 634 g/mol. The van der Waals surface area contributed by atoms with Crippen LogP contribution in [0, 0.1) is 0 Å². The lowest BCUT2D eigenvalue weighted by Crippen LogP contribution is -2.38. The lowest BCUT2D eigenvalue weighted by Gasteiger charge is -2.25. The average molecular weight is 635 g/mol. The normalized spacial score (nSPS) is 11.7. The maximum absolute atomic E-state index is 13.5. The van der Waals surface area contributed by atoms with Gasteiger partial charge in [0, 0.05) is 17.3 Å². The molecule has 4 aromatic carbocycles. The van der Waals surface area contributed by atoms with Crippen molar-refractivity contribution in [3.8, 4) is 0 Å².